The molecule has 2 atom stereocenters. The van der Waals surface area contributed by atoms with Crippen LogP contribution in [0.1, 0.15) is 26.7 Å². The Hall–Kier alpha value is -0.0800. The molecule has 0 amide bonds. The average Bonchev–Trinajstić information content (AvgIpc) is 2.74. The minimum atomic E-state index is -0.109. The third-order valence-corrected chi connectivity index (χ3v) is 3.44. The van der Waals surface area contributed by atoms with Crippen LogP contribution in [0.4, 0.5) is 0 Å². The molecule has 2 fully saturated rings. The summed E-state index contributed by atoms with van der Waals surface area (Å²) in [5.41, 5.74) is 5.90. The van der Waals surface area contributed by atoms with Gasteiger partial charge < -0.3 is 20.1 Å². The molecule has 2 unspecified atom stereocenters. The van der Waals surface area contributed by atoms with Gasteiger partial charge in [-0.25, -0.2) is 0 Å². The molecule has 2 saturated heterocycles. The molecule has 0 bridgehead atoms. The van der Waals surface area contributed by atoms with E-state index in [9.17, 15) is 0 Å². The number of nitrogens with two attached hydrogens (primary N) is 1. The van der Waals surface area contributed by atoms with E-state index in [1.54, 1.807) is 0 Å². The van der Waals surface area contributed by atoms with Crippen LogP contribution in [0.2, 0.25) is 0 Å². The summed E-state index contributed by atoms with van der Waals surface area (Å²) in [5, 5.41) is 0. The van der Waals surface area contributed by atoms with E-state index in [0.717, 1.165) is 39.1 Å². The Balaban J connectivity index is 0.00000162. The maximum atomic E-state index is 6.01. The zero-order chi connectivity index (χ0) is 12.3. The fraction of sp³-hybridized carbons (Fsp3) is 0.917. The fourth-order valence-corrected chi connectivity index (χ4v) is 2.34. The quantitative estimate of drug-likeness (QED) is 0.452. The highest BCUT2D eigenvalue weighted by Gasteiger charge is 2.29. The van der Waals surface area contributed by atoms with E-state index in [-0.39, 0.29) is 35.7 Å². The highest BCUT2D eigenvalue weighted by molar-refractivity contribution is 14.0. The lowest BCUT2D eigenvalue weighted by atomic mass is 10.0. The Morgan fingerprint density at radius 1 is 1.50 bits per heavy atom. The van der Waals surface area contributed by atoms with Crippen molar-refractivity contribution < 1.29 is 9.47 Å². The Labute approximate surface area is 126 Å². The minimum absolute atomic E-state index is 0. The second kappa shape index (κ2) is 6.91. The van der Waals surface area contributed by atoms with Crippen molar-refractivity contribution in [2.45, 2.75) is 38.4 Å². The summed E-state index contributed by atoms with van der Waals surface area (Å²) in [5.74, 6) is 0.622. The second-order valence-electron chi connectivity index (χ2n) is 5.20. The SMILES string of the molecule is CC1CN(C(N)=NCC2(C)CCCO2)CCO1.I. The number of halogens is 1. The summed E-state index contributed by atoms with van der Waals surface area (Å²) in [7, 11) is 0. The normalized spacial score (nSPS) is 33.3. The third-order valence-electron chi connectivity index (χ3n) is 3.44. The van der Waals surface area contributed by atoms with Crippen LogP contribution in [0.15, 0.2) is 4.99 Å². The lowest BCUT2D eigenvalue weighted by Gasteiger charge is -2.32. The van der Waals surface area contributed by atoms with E-state index in [0.29, 0.717) is 12.5 Å². The first-order valence-electron chi connectivity index (χ1n) is 6.39. The zero-order valence-electron chi connectivity index (χ0n) is 11.2. The van der Waals surface area contributed by atoms with Crippen LogP contribution in [0.5, 0.6) is 0 Å². The molecule has 0 saturated carbocycles. The maximum Gasteiger partial charge on any atom is 0.191 e. The molecule has 2 aliphatic rings. The van der Waals surface area contributed by atoms with Gasteiger partial charge in [0.25, 0.3) is 0 Å². The van der Waals surface area contributed by atoms with Gasteiger partial charge in [0, 0.05) is 19.7 Å². The largest absolute Gasteiger partial charge is 0.375 e. The lowest BCUT2D eigenvalue weighted by molar-refractivity contribution is 0.00457. The van der Waals surface area contributed by atoms with Crippen LogP contribution in [0.3, 0.4) is 0 Å². The maximum absolute atomic E-state index is 6.01. The van der Waals surface area contributed by atoms with E-state index < -0.39 is 0 Å². The fourth-order valence-electron chi connectivity index (χ4n) is 2.34. The van der Waals surface area contributed by atoms with Crippen molar-refractivity contribution in [3.05, 3.63) is 0 Å². The first kappa shape index (κ1) is 16.0. The van der Waals surface area contributed by atoms with Crippen LogP contribution in [0.25, 0.3) is 0 Å². The molecule has 106 valence electrons. The van der Waals surface area contributed by atoms with Crippen molar-refractivity contribution in [3.63, 3.8) is 0 Å². The zero-order valence-corrected chi connectivity index (χ0v) is 13.6. The van der Waals surface area contributed by atoms with E-state index >= 15 is 0 Å². The number of ether oxygens (including phenoxy) is 2. The standard InChI is InChI=1S/C12H23N3O2.HI/c1-10-8-15(5-7-16-10)11(13)14-9-12(2)4-3-6-17-12;/h10H,3-9H2,1-2H3,(H2,13,14);1H. The summed E-state index contributed by atoms with van der Waals surface area (Å²) in [4.78, 5) is 6.57. The van der Waals surface area contributed by atoms with Gasteiger partial charge in [0.1, 0.15) is 0 Å². The molecule has 5 nitrogen and oxygen atoms in total. The number of guanidine groups is 1. The number of rotatable bonds is 2. The molecule has 2 aliphatic heterocycles. The summed E-state index contributed by atoms with van der Waals surface area (Å²) in [6, 6.07) is 0. The number of hydrogen-bond acceptors (Lipinski definition) is 3. The predicted molar refractivity (Wildman–Crippen MR) is 82.5 cm³/mol. The van der Waals surface area contributed by atoms with Gasteiger partial charge in [-0.1, -0.05) is 0 Å². The van der Waals surface area contributed by atoms with Crippen LogP contribution in [-0.2, 0) is 9.47 Å². The van der Waals surface area contributed by atoms with Crippen molar-refractivity contribution in [1.29, 1.82) is 0 Å². The van der Waals surface area contributed by atoms with Crippen molar-refractivity contribution in [3.8, 4) is 0 Å². The molecular weight excluding hydrogens is 345 g/mol. The average molecular weight is 369 g/mol. The molecule has 0 aromatic carbocycles. The molecule has 6 heteroatoms. The summed E-state index contributed by atoms with van der Waals surface area (Å²) in [6.45, 7) is 8.06. The van der Waals surface area contributed by atoms with Gasteiger partial charge in [-0.05, 0) is 26.7 Å². The van der Waals surface area contributed by atoms with E-state index in [1.165, 1.54) is 0 Å². The predicted octanol–water partition coefficient (Wildman–Crippen LogP) is 1.21. The molecule has 0 aromatic rings. The summed E-state index contributed by atoms with van der Waals surface area (Å²) >= 11 is 0. The van der Waals surface area contributed by atoms with Gasteiger partial charge in [-0.2, -0.15) is 0 Å². The van der Waals surface area contributed by atoms with Crippen LogP contribution in [-0.4, -0.2) is 55.4 Å². The number of morpholine rings is 1. The molecule has 0 aliphatic carbocycles. The minimum Gasteiger partial charge on any atom is -0.375 e. The van der Waals surface area contributed by atoms with Crippen molar-refractivity contribution in [2.24, 2.45) is 10.7 Å². The molecule has 18 heavy (non-hydrogen) atoms. The number of hydrogen-bond donors (Lipinski definition) is 1. The molecular formula is C12H24IN3O2. The highest BCUT2D eigenvalue weighted by atomic mass is 127. The summed E-state index contributed by atoms with van der Waals surface area (Å²) in [6.07, 6.45) is 2.43. The first-order chi connectivity index (χ1) is 8.09. The Morgan fingerprint density at radius 3 is 2.89 bits per heavy atom. The first-order valence-corrected chi connectivity index (χ1v) is 6.39. The van der Waals surface area contributed by atoms with Crippen molar-refractivity contribution >= 4 is 29.9 Å². The van der Waals surface area contributed by atoms with Crippen LogP contribution in [0, 0.1) is 0 Å². The smallest absolute Gasteiger partial charge is 0.191 e. The number of nitrogens with zero attached hydrogens (tertiary/aromatic N) is 2. The Bertz CT molecular complexity index is 293. The molecule has 2 rings (SSSR count). The van der Waals surface area contributed by atoms with E-state index in [2.05, 4.69) is 23.7 Å². The molecule has 0 spiro atoms. The van der Waals surface area contributed by atoms with Crippen LogP contribution >= 0.6 is 24.0 Å². The van der Waals surface area contributed by atoms with Gasteiger partial charge in [-0.15, -0.1) is 24.0 Å². The highest BCUT2D eigenvalue weighted by Crippen LogP contribution is 2.25. The molecule has 0 aromatic heterocycles. The van der Waals surface area contributed by atoms with Gasteiger partial charge in [0.15, 0.2) is 5.96 Å². The van der Waals surface area contributed by atoms with Crippen molar-refractivity contribution in [2.75, 3.05) is 32.8 Å². The summed E-state index contributed by atoms with van der Waals surface area (Å²) < 4.78 is 11.2. The van der Waals surface area contributed by atoms with E-state index in [4.69, 9.17) is 15.2 Å². The lowest BCUT2D eigenvalue weighted by Crippen LogP contribution is -2.48. The van der Waals surface area contributed by atoms with Gasteiger partial charge in [0.2, 0.25) is 0 Å². The molecule has 0 radical (unpaired) electrons. The number of aliphatic imine (C=N–C) groups is 1. The van der Waals surface area contributed by atoms with Crippen LogP contribution < -0.4 is 5.73 Å². The Kier molecular flexibility index (Phi) is 6.13. The third kappa shape index (κ3) is 4.24. The molecule has 2 heterocycles. The molecule has 2 N–H and O–H groups in total. The second-order valence-corrected chi connectivity index (χ2v) is 5.20. The topological polar surface area (TPSA) is 60.1 Å². The van der Waals surface area contributed by atoms with Gasteiger partial charge in [-0.3, -0.25) is 4.99 Å². The van der Waals surface area contributed by atoms with E-state index in [1.807, 2.05) is 0 Å². The monoisotopic (exact) mass is 369 g/mol. The van der Waals surface area contributed by atoms with Gasteiger partial charge >= 0.3 is 0 Å². The Morgan fingerprint density at radius 2 is 2.28 bits per heavy atom. The van der Waals surface area contributed by atoms with Gasteiger partial charge in [0.05, 0.1) is 24.9 Å². The van der Waals surface area contributed by atoms with Crippen molar-refractivity contribution in [1.82, 2.24) is 4.90 Å².